The Kier molecular flexibility index (Phi) is 9.14. The van der Waals surface area contributed by atoms with Crippen LogP contribution in [0.25, 0.3) is 0 Å². The number of nitrogens with zero attached hydrogens (tertiary/aromatic N) is 2. The molecule has 0 fully saturated rings. The van der Waals surface area contributed by atoms with E-state index in [1.165, 1.54) is 11.1 Å². The van der Waals surface area contributed by atoms with Gasteiger partial charge in [0.25, 0.3) is 0 Å². The normalized spacial score (nSPS) is 12.7. The molecule has 0 unspecified atom stereocenters. The minimum atomic E-state index is 0. The Morgan fingerprint density at radius 1 is 1.19 bits per heavy atom. The zero-order chi connectivity index (χ0) is 18.2. The van der Waals surface area contributed by atoms with Crippen LogP contribution in [0, 0.1) is 0 Å². The Balaban J connectivity index is 0.00000261. The topological polar surface area (TPSA) is 58.5 Å². The summed E-state index contributed by atoms with van der Waals surface area (Å²) in [5.74, 6) is 1.88. The molecule has 0 bridgehead atoms. The van der Waals surface area contributed by atoms with Gasteiger partial charge in [0.2, 0.25) is 0 Å². The third-order valence-electron chi connectivity index (χ3n) is 4.26. The molecular weight excluding hydrogens is 475 g/mol. The Labute approximate surface area is 183 Å². The van der Waals surface area contributed by atoms with Crippen molar-refractivity contribution >= 4 is 41.5 Å². The van der Waals surface area contributed by atoms with Gasteiger partial charge in [0.05, 0.1) is 6.61 Å². The van der Waals surface area contributed by atoms with Gasteiger partial charge in [0.15, 0.2) is 5.96 Å². The predicted octanol–water partition coefficient (Wildman–Crippen LogP) is 3.63. The summed E-state index contributed by atoms with van der Waals surface area (Å²) < 4.78 is 5.56. The molecule has 0 aliphatic carbocycles. The second-order valence-electron chi connectivity index (χ2n) is 6.22. The van der Waals surface area contributed by atoms with Crippen LogP contribution >= 0.6 is 35.6 Å². The number of aromatic nitrogens is 1. The number of pyridine rings is 1. The van der Waals surface area contributed by atoms with Crippen molar-refractivity contribution in [2.45, 2.75) is 26.2 Å². The lowest BCUT2D eigenvalue weighted by molar-refractivity contribution is 0.357. The first-order valence-electron chi connectivity index (χ1n) is 9.12. The maximum Gasteiger partial charge on any atom is 0.191 e. The van der Waals surface area contributed by atoms with E-state index in [0.29, 0.717) is 5.15 Å². The number of hydrogen-bond donors (Lipinski definition) is 2. The largest absolute Gasteiger partial charge is 0.493 e. The highest BCUT2D eigenvalue weighted by Gasteiger charge is 2.11. The van der Waals surface area contributed by atoms with Crippen LogP contribution in [0.2, 0.25) is 5.15 Å². The van der Waals surface area contributed by atoms with Gasteiger partial charge in [-0.05, 0) is 48.6 Å². The van der Waals surface area contributed by atoms with Crippen LogP contribution in [0.5, 0.6) is 5.75 Å². The molecular formula is C20H26ClIN4O. The second-order valence-corrected chi connectivity index (χ2v) is 6.60. The van der Waals surface area contributed by atoms with Crippen molar-refractivity contribution in [1.82, 2.24) is 15.6 Å². The molecule has 0 saturated heterocycles. The van der Waals surface area contributed by atoms with Gasteiger partial charge in [-0.2, -0.15) is 0 Å². The van der Waals surface area contributed by atoms with Crippen LogP contribution in [-0.4, -0.2) is 37.2 Å². The molecule has 2 heterocycles. The summed E-state index contributed by atoms with van der Waals surface area (Å²) >= 11 is 5.81. The number of aliphatic imine (C=N–C) groups is 1. The van der Waals surface area contributed by atoms with Gasteiger partial charge in [-0.25, -0.2) is 4.98 Å². The molecule has 1 aromatic heterocycles. The van der Waals surface area contributed by atoms with E-state index in [2.05, 4.69) is 45.7 Å². The predicted molar refractivity (Wildman–Crippen MR) is 122 cm³/mol. The van der Waals surface area contributed by atoms with Crippen molar-refractivity contribution < 1.29 is 4.74 Å². The second kappa shape index (κ2) is 11.3. The van der Waals surface area contributed by atoms with Crippen molar-refractivity contribution in [2.24, 2.45) is 4.99 Å². The number of nitrogens with one attached hydrogen (secondary N) is 2. The number of fused-ring (bicyclic) bond motifs is 1. The van der Waals surface area contributed by atoms with Gasteiger partial charge in [-0.1, -0.05) is 29.8 Å². The molecule has 146 valence electrons. The van der Waals surface area contributed by atoms with Gasteiger partial charge in [0.1, 0.15) is 10.9 Å². The van der Waals surface area contributed by atoms with Crippen molar-refractivity contribution in [3.63, 3.8) is 0 Å². The van der Waals surface area contributed by atoms with Gasteiger partial charge in [-0.3, -0.25) is 4.99 Å². The molecule has 0 atom stereocenters. The number of hydrogen-bond acceptors (Lipinski definition) is 3. The maximum atomic E-state index is 5.81. The van der Waals surface area contributed by atoms with E-state index in [0.717, 1.165) is 62.8 Å². The number of benzene rings is 1. The number of rotatable bonds is 7. The van der Waals surface area contributed by atoms with E-state index in [1.54, 1.807) is 0 Å². The smallest absolute Gasteiger partial charge is 0.191 e. The van der Waals surface area contributed by atoms with Crippen LogP contribution in [-0.2, 0) is 19.3 Å². The van der Waals surface area contributed by atoms with Crippen LogP contribution < -0.4 is 15.4 Å². The van der Waals surface area contributed by atoms with Crippen molar-refractivity contribution in [3.8, 4) is 5.75 Å². The lowest BCUT2D eigenvalue weighted by atomic mass is 10.1. The third kappa shape index (κ3) is 6.84. The maximum absolute atomic E-state index is 5.81. The van der Waals surface area contributed by atoms with E-state index in [4.69, 9.17) is 16.3 Å². The van der Waals surface area contributed by atoms with Crippen LogP contribution in [0.15, 0.2) is 41.5 Å². The van der Waals surface area contributed by atoms with Crippen molar-refractivity contribution in [2.75, 3.05) is 26.2 Å². The minimum Gasteiger partial charge on any atom is -0.493 e. The van der Waals surface area contributed by atoms with Gasteiger partial charge in [0, 0.05) is 32.3 Å². The van der Waals surface area contributed by atoms with Gasteiger partial charge in [-0.15, -0.1) is 24.0 Å². The number of ether oxygens (including phenoxy) is 1. The Morgan fingerprint density at radius 3 is 2.81 bits per heavy atom. The van der Waals surface area contributed by atoms with Crippen LogP contribution in [0.3, 0.4) is 0 Å². The monoisotopic (exact) mass is 500 g/mol. The Hall–Kier alpha value is -1.54. The summed E-state index contributed by atoms with van der Waals surface area (Å²) in [7, 11) is 0. The molecule has 7 heteroatoms. The first kappa shape index (κ1) is 21.8. The fourth-order valence-corrected chi connectivity index (χ4v) is 3.03. The molecule has 1 aromatic carbocycles. The molecule has 27 heavy (non-hydrogen) atoms. The average molecular weight is 501 g/mol. The van der Waals surface area contributed by atoms with Gasteiger partial charge >= 0.3 is 0 Å². The van der Waals surface area contributed by atoms with E-state index in [-0.39, 0.29) is 24.0 Å². The summed E-state index contributed by atoms with van der Waals surface area (Å²) in [5.41, 5.74) is 3.77. The lowest BCUT2D eigenvalue weighted by Gasteiger charge is -2.11. The summed E-state index contributed by atoms with van der Waals surface area (Å²) in [4.78, 5) is 8.78. The molecule has 0 amide bonds. The highest BCUT2D eigenvalue weighted by molar-refractivity contribution is 14.0. The quantitative estimate of drug-likeness (QED) is 0.264. The fraction of sp³-hybridized carbons (Fsp3) is 0.400. The van der Waals surface area contributed by atoms with E-state index in [9.17, 15) is 0 Å². The third-order valence-corrected chi connectivity index (χ3v) is 4.49. The average Bonchev–Trinajstić information content (AvgIpc) is 3.11. The van der Waals surface area contributed by atoms with E-state index >= 15 is 0 Å². The minimum absolute atomic E-state index is 0. The first-order valence-corrected chi connectivity index (χ1v) is 9.49. The lowest BCUT2D eigenvalue weighted by Crippen LogP contribution is -2.38. The standard InChI is InChI=1S/C20H25ClN4O.HI/c1-2-22-20(24-11-8-16-4-6-19(21)25-14-16)23-10-7-15-3-5-18-17(13-15)9-12-26-18;/h3-6,13-14H,2,7-12H2,1H3,(H2,22,23,24);1H. The molecule has 2 N–H and O–H groups in total. The molecule has 3 rings (SSSR count). The molecule has 1 aliphatic heterocycles. The Bertz CT molecular complexity index is 752. The highest BCUT2D eigenvalue weighted by atomic mass is 127. The zero-order valence-corrected chi connectivity index (χ0v) is 18.6. The molecule has 2 aromatic rings. The number of guanidine groups is 1. The summed E-state index contributed by atoms with van der Waals surface area (Å²) in [5, 5.41) is 7.18. The van der Waals surface area contributed by atoms with Crippen molar-refractivity contribution in [1.29, 1.82) is 0 Å². The summed E-state index contributed by atoms with van der Waals surface area (Å²) in [6.45, 7) is 5.25. The molecule has 5 nitrogen and oxygen atoms in total. The molecule has 0 radical (unpaired) electrons. The molecule has 0 saturated carbocycles. The van der Waals surface area contributed by atoms with Crippen LogP contribution in [0.4, 0.5) is 0 Å². The van der Waals surface area contributed by atoms with Gasteiger partial charge < -0.3 is 15.4 Å². The SMILES string of the molecule is CCNC(=NCCc1ccc2c(c1)CCO2)NCCc1ccc(Cl)nc1.I. The van der Waals surface area contributed by atoms with E-state index in [1.807, 2.05) is 18.3 Å². The molecule has 0 spiro atoms. The highest BCUT2D eigenvalue weighted by Crippen LogP contribution is 2.25. The number of halogens is 2. The first-order chi connectivity index (χ1) is 12.7. The van der Waals surface area contributed by atoms with Crippen LogP contribution in [0.1, 0.15) is 23.6 Å². The Morgan fingerprint density at radius 2 is 2.04 bits per heavy atom. The molecule has 1 aliphatic rings. The van der Waals surface area contributed by atoms with E-state index < -0.39 is 0 Å². The summed E-state index contributed by atoms with van der Waals surface area (Å²) in [6.07, 6.45) is 4.62. The fourth-order valence-electron chi connectivity index (χ4n) is 2.91. The zero-order valence-electron chi connectivity index (χ0n) is 15.5. The van der Waals surface area contributed by atoms with Crippen molar-refractivity contribution in [3.05, 3.63) is 58.4 Å². The summed E-state index contributed by atoms with van der Waals surface area (Å²) in [6, 6.07) is 10.3.